The van der Waals surface area contributed by atoms with Gasteiger partial charge in [-0.1, -0.05) is 56.3 Å². The molecule has 2 aliphatic rings. The monoisotopic (exact) mass is 363 g/mol. The van der Waals surface area contributed by atoms with Gasteiger partial charge in [0.05, 0.1) is 6.04 Å². The van der Waals surface area contributed by atoms with Crippen LogP contribution in [0.2, 0.25) is 0 Å². The molecular formula is C22H25N3O2. The summed E-state index contributed by atoms with van der Waals surface area (Å²) in [7, 11) is 0. The molecule has 2 aromatic rings. The lowest BCUT2D eigenvalue weighted by atomic mass is 9.76. The molecule has 1 fully saturated rings. The summed E-state index contributed by atoms with van der Waals surface area (Å²) in [4.78, 5) is 26.2. The van der Waals surface area contributed by atoms with Gasteiger partial charge in [0.2, 0.25) is 0 Å². The summed E-state index contributed by atoms with van der Waals surface area (Å²) < 4.78 is 0. The zero-order valence-corrected chi connectivity index (χ0v) is 15.7. The van der Waals surface area contributed by atoms with E-state index in [0.29, 0.717) is 12.0 Å². The van der Waals surface area contributed by atoms with Crippen LogP contribution in [0.1, 0.15) is 47.8 Å². The van der Waals surface area contributed by atoms with E-state index in [-0.39, 0.29) is 23.8 Å². The Kier molecular flexibility index (Phi) is 4.48. The van der Waals surface area contributed by atoms with Crippen molar-refractivity contribution < 1.29 is 9.59 Å². The van der Waals surface area contributed by atoms with Crippen LogP contribution in [-0.4, -0.2) is 28.9 Å². The first-order chi connectivity index (χ1) is 13.0. The average Bonchev–Trinajstić information content (AvgIpc) is 2.93. The molecule has 0 unspecified atom stereocenters. The average molecular weight is 363 g/mol. The van der Waals surface area contributed by atoms with Crippen LogP contribution in [-0.2, 0) is 11.2 Å². The fourth-order valence-corrected chi connectivity index (χ4v) is 4.46. The van der Waals surface area contributed by atoms with Crippen LogP contribution in [0.3, 0.4) is 0 Å². The quantitative estimate of drug-likeness (QED) is 0.878. The smallest absolute Gasteiger partial charge is 0.262 e. The van der Waals surface area contributed by atoms with Gasteiger partial charge in [0, 0.05) is 12.1 Å². The lowest BCUT2D eigenvalue weighted by Gasteiger charge is -2.40. The third kappa shape index (κ3) is 3.02. The van der Waals surface area contributed by atoms with Crippen molar-refractivity contribution in [1.82, 2.24) is 15.8 Å². The number of hydrogen-bond acceptors (Lipinski definition) is 3. The highest BCUT2D eigenvalue weighted by atomic mass is 16.2. The van der Waals surface area contributed by atoms with E-state index in [9.17, 15) is 9.59 Å². The Morgan fingerprint density at radius 1 is 1.19 bits per heavy atom. The first kappa shape index (κ1) is 17.7. The second-order valence-electron chi connectivity index (χ2n) is 7.88. The van der Waals surface area contributed by atoms with E-state index in [4.69, 9.17) is 0 Å². The number of carbonyl (C=O) groups is 2. The highest BCUT2D eigenvalue weighted by Gasteiger charge is 2.57. The molecule has 140 valence electrons. The standard InChI is InChI=1S/C22H25N3O2/c1-15(2)14-22(23-20(26)17-9-4-3-5-10-17)19-18-11-7-6-8-16(18)12-13-25(19)24-21(22)27/h3-11,15,19H,12-14H2,1-2H3,(H,23,26)(H,24,27)/t19-,22+/m0/s1. The lowest BCUT2D eigenvalue weighted by molar-refractivity contribution is -0.126. The molecule has 0 aromatic heterocycles. The van der Waals surface area contributed by atoms with Crippen molar-refractivity contribution in [2.24, 2.45) is 5.92 Å². The van der Waals surface area contributed by atoms with Crippen molar-refractivity contribution in [3.63, 3.8) is 0 Å². The molecular weight excluding hydrogens is 338 g/mol. The third-order valence-electron chi connectivity index (χ3n) is 5.50. The SMILES string of the molecule is CC(C)C[C@]1(NC(=O)c2ccccc2)C(=O)NN2CCc3ccccc3[C@H]21. The van der Waals surface area contributed by atoms with Gasteiger partial charge < -0.3 is 5.32 Å². The number of amides is 2. The summed E-state index contributed by atoms with van der Waals surface area (Å²) in [5, 5.41) is 5.14. The summed E-state index contributed by atoms with van der Waals surface area (Å²) in [5.41, 5.74) is 4.98. The molecule has 5 heteroatoms. The van der Waals surface area contributed by atoms with Crippen molar-refractivity contribution in [3.05, 3.63) is 71.3 Å². The fraction of sp³-hybridized carbons (Fsp3) is 0.364. The van der Waals surface area contributed by atoms with E-state index >= 15 is 0 Å². The van der Waals surface area contributed by atoms with Gasteiger partial charge in [-0.15, -0.1) is 0 Å². The van der Waals surface area contributed by atoms with E-state index < -0.39 is 5.54 Å². The Balaban J connectivity index is 1.78. The van der Waals surface area contributed by atoms with Crippen LogP contribution in [0, 0.1) is 5.92 Å². The van der Waals surface area contributed by atoms with Crippen molar-refractivity contribution >= 4 is 11.8 Å². The molecule has 2 heterocycles. The molecule has 0 saturated carbocycles. The minimum atomic E-state index is -0.988. The largest absolute Gasteiger partial charge is 0.336 e. The summed E-state index contributed by atoms with van der Waals surface area (Å²) in [5.74, 6) is -0.0839. The number of hydrogen-bond donors (Lipinski definition) is 2. The van der Waals surface area contributed by atoms with Gasteiger partial charge >= 0.3 is 0 Å². The van der Waals surface area contributed by atoms with Gasteiger partial charge in [0.25, 0.3) is 11.8 Å². The highest BCUT2D eigenvalue weighted by Crippen LogP contribution is 2.43. The molecule has 2 aliphatic heterocycles. The van der Waals surface area contributed by atoms with Gasteiger partial charge in [-0.2, -0.15) is 0 Å². The molecule has 0 radical (unpaired) electrons. The Morgan fingerprint density at radius 3 is 2.63 bits per heavy atom. The molecule has 5 nitrogen and oxygen atoms in total. The van der Waals surface area contributed by atoms with Crippen LogP contribution in [0.4, 0.5) is 0 Å². The second kappa shape index (κ2) is 6.82. The Hall–Kier alpha value is -2.66. The van der Waals surface area contributed by atoms with Gasteiger partial charge in [-0.05, 0) is 42.0 Å². The third-order valence-corrected chi connectivity index (χ3v) is 5.50. The Bertz CT molecular complexity index is 865. The molecule has 27 heavy (non-hydrogen) atoms. The van der Waals surface area contributed by atoms with Crippen LogP contribution < -0.4 is 10.7 Å². The van der Waals surface area contributed by atoms with E-state index in [1.165, 1.54) is 5.56 Å². The van der Waals surface area contributed by atoms with Gasteiger partial charge in [0.1, 0.15) is 5.54 Å². The molecule has 0 bridgehead atoms. The minimum Gasteiger partial charge on any atom is -0.336 e. The molecule has 0 aliphatic carbocycles. The Morgan fingerprint density at radius 2 is 1.89 bits per heavy atom. The first-order valence-electron chi connectivity index (χ1n) is 9.54. The number of hydrazine groups is 1. The maximum atomic E-state index is 13.2. The molecule has 2 aromatic carbocycles. The Labute approximate surface area is 159 Å². The maximum Gasteiger partial charge on any atom is 0.262 e. The zero-order valence-electron chi connectivity index (χ0n) is 15.7. The molecule has 4 rings (SSSR count). The van der Waals surface area contributed by atoms with Crippen molar-refractivity contribution in [2.45, 2.75) is 38.3 Å². The minimum absolute atomic E-state index is 0.123. The number of nitrogens with zero attached hydrogens (tertiary/aromatic N) is 1. The van der Waals surface area contributed by atoms with Crippen molar-refractivity contribution in [1.29, 1.82) is 0 Å². The zero-order chi connectivity index (χ0) is 19.0. The fourth-order valence-electron chi connectivity index (χ4n) is 4.46. The number of carbonyl (C=O) groups excluding carboxylic acids is 2. The number of benzene rings is 2. The maximum absolute atomic E-state index is 13.2. The summed E-state index contributed by atoms with van der Waals surface area (Å²) in [6.07, 6.45) is 1.46. The summed E-state index contributed by atoms with van der Waals surface area (Å²) >= 11 is 0. The van der Waals surface area contributed by atoms with Crippen LogP contribution in [0.5, 0.6) is 0 Å². The van der Waals surface area contributed by atoms with Crippen molar-refractivity contribution in [3.8, 4) is 0 Å². The predicted octanol–water partition coefficient (Wildman–Crippen LogP) is 2.85. The van der Waals surface area contributed by atoms with Gasteiger partial charge in [-0.3, -0.25) is 15.0 Å². The van der Waals surface area contributed by atoms with Gasteiger partial charge in [-0.25, -0.2) is 5.01 Å². The number of fused-ring (bicyclic) bond motifs is 3. The highest BCUT2D eigenvalue weighted by molar-refractivity contribution is 6.00. The number of nitrogens with one attached hydrogen (secondary N) is 2. The van der Waals surface area contributed by atoms with E-state index in [1.807, 2.05) is 35.3 Å². The van der Waals surface area contributed by atoms with Crippen LogP contribution in [0.25, 0.3) is 0 Å². The molecule has 0 spiro atoms. The lowest BCUT2D eigenvalue weighted by Crippen LogP contribution is -2.58. The van der Waals surface area contributed by atoms with E-state index in [2.05, 4.69) is 36.7 Å². The van der Waals surface area contributed by atoms with Crippen LogP contribution in [0.15, 0.2) is 54.6 Å². The molecule has 2 amide bonds. The molecule has 2 N–H and O–H groups in total. The molecule has 2 atom stereocenters. The van der Waals surface area contributed by atoms with E-state index in [0.717, 1.165) is 18.5 Å². The number of rotatable bonds is 4. The van der Waals surface area contributed by atoms with Gasteiger partial charge in [0.15, 0.2) is 0 Å². The van der Waals surface area contributed by atoms with Crippen molar-refractivity contribution in [2.75, 3.05) is 6.54 Å². The first-order valence-corrected chi connectivity index (χ1v) is 9.54. The summed E-state index contributed by atoms with van der Waals surface area (Å²) in [6.45, 7) is 4.91. The predicted molar refractivity (Wildman–Crippen MR) is 104 cm³/mol. The summed E-state index contributed by atoms with van der Waals surface area (Å²) in [6, 6.07) is 17.1. The van der Waals surface area contributed by atoms with Crippen LogP contribution >= 0.6 is 0 Å². The molecule has 1 saturated heterocycles. The topological polar surface area (TPSA) is 61.4 Å². The second-order valence-corrected chi connectivity index (χ2v) is 7.88. The van der Waals surface area contributed by atoms with E-state index in [1.54, 1.807) is 12.1 Å². The normalized spacial score (nSPS) is 24.3.